The topological polar surface area (TPSA) is 15.3 Å². The van der Waals surface area contributed by atoms with Gasteiger partial charge in [-0.25, -0.2) is 0 Å². The van der Waals surface area contributed by atoms with E-state index in [-0.39, 0.29) is 0 Å². The molecule has 1 aromatic rings. The highest BCUT2D eigenvalue weighted by atomic mass is 32.1. The summed E-state index contributed by atoms with van der Waals surface area (Å²) < 4.78 is 0. The van der Waals surface area contributed by atoms with Gasteiger partial charge in [-0.15, -0.1) is 11.3 Å². The Hall–Kier alpha value is -0.380. The maximum absolute atomic E-state index is 3.86. The summed E-state index contributed by atoms with van der Waals surface area (Å²) in [6.45, 7) is 3.76. The molecule has 1 saturated carbocycles. The van der Waals surface area contributed by atoms with E-state index in [1.807, 2.05) is 11.3 Å². The van der Waals surface area contributed by atoms with Crippen molar-refractivity contribution in [2.45, 2.75) is 31.7 Å². The number of rotatable bonds is 5. The van der Waals surface area contributed by atoms with Crippen LogP contribution in [0, 0.1) is 11.8 Å². The van der Waals surface area contributed by atoms with Crippen LogP contribution in [0.3, 0.4) is 0 Å². The van der Waals surface area contributed by atoms with Crippen LogP contribution in [0.2, 0.25) is 0 Å². The highest BCUT2D eigenvalue weighted by Crippen LogP contribution is 2.42. The molecule has 2 aliphatic rings. The molecular weight excluding hydrogens is 240 g/mol. The molecule has 1 aliphatic heterocycles. The monoisotopic (exact) mass is 264 g/mol. The van der Waals surface area contributed by atoms with Gasteiger partial charge < -0.3 is 10.2 Å². The van der Waals surface area contributed by atoms with Gasteiger partial charge in [0.1, 0.15) is 0 Å². The van der Waals surface area contributed by atoms with Crippen LogP contribution in [0.1, 0.15) is 36.6 Å². The van der Waals surface area contributed by atoms with E-state index in [0.29, 0.717) is 6.04 Å². The maximum atomic E-state index is 3.86. The van der Waals surface area contributed by atoms with E-state index in [1.165, 1.54) is 45.3 Å². The van der Waals surface area contributed by atoms with Crippen LogP contribution in [0.25, 0.3) is 0 Å². The van der Waals surface area contributed by atoms with Gasteiger partial charge >= 0.3 is 0 Å². The van der Waals surface area contributed by atoms with Crippen molar-refractivity contribution in [3.8, 4) is 0 Å². The second kappa shape index (κ2) is 5.72. The first-order valence-electron chi connectivity index (χ1n) is 7.28. The SMILES string of the molecule is CN1CCCC(CNC(c2cccs2)C2CC2)C1. The lowest BCUT2D eigenvalue weighted by molar-refractivity contribution is 0.201. The largest absolute Gasteiger partial charge is 0.309 e. The van der Waals surface area contributed by atoms with Crippen molar-refractivity contribution in [3.05, 3.63) is 22.4 Å². The van der Waals surface area contributed by atoms with Gasteiger partial charge in [0.15, 0.2) is 0 Å². The van der Waals surface area contributed by atoms with Crippen molar-refractivity contribution >= 4 is 11.3 Å². The van der Waals surface area contributed by atoms with E-state index in [1.54, 1.807) is 4.88 Å². The van der Waals surface area contributed by atoms with Crippen LogP contribution >= 0.6 is 11.3 Å². The first-order valence-corrected chi connectivity index (χ1v) is 8.16. The Morgan fingerprint density at radius 1 is 1.44 bits per heavy atom. The molecule has 1 aliphatic carbocycles. The van der Waals surface area contributed by atoms with E-state index < -0.39 is 0 Å². The van der Waals surface area contributed by atoms with Gasteiger partial charge in [-0.3, -0.25) is 0 Å². The van der Waals surface area contributed by atoms with Gasteiger partial charge in [-0.05, 0) is 69.1 Å². The van der Waals surface area contributed by atoms with Crippen LogP contribution in [0.4, 0.5) is 0 Å². The molecule has 1 N–H and O–H groups in total. The number of nitrogens with one attached hydrogen (secondary N) is 1. The molecule has 1 saturated heterocycles. The molecule has 3 heteroatoms. The number of hydrogen-bond acceptors (Lipinski definition) is 3. The highest BCUT2D eigenvalue weighted by molar-refractivity contribution is 7.10. The Morgan fingerprint density at radius 3 is 3.00 bits per heavy atom. The van der Waals surface area contributed by atoms with Gasteiger partial charge in [-0.2, -0.15) is 0 Å². The summed E-state index contributed by atoms with van der Waals surface area (Å²) in [7, 11) is 2.25. The summed E-state index contributed by atoms with van der Waals surface area (Å²) in [5, 5.41) is 6.07. The van der Waals surface area contributed by atoms with Crippen molar-refractivity contribution in [2.24, 2.45) is 11.8 Å². The molecule has 0 aromatic carbocycles. The van der Waals surface area contributed by atoms with Crippen LogP contribution in [-0.4, -0.2) is 31.6 Å². The first-order chi connectivity index (χ1) is 8.83. The third kappa shape index (κ3) is 3.14. The number of hydrogen-bond donors (Lipinski definition) is 1. The van der Waals surface area contributed by atoms with Crippen LogP contribution in [0.5, 0.6) is 0 Å². The molecule has 2 unspecified atom stereocenters. The summed E-state index contributed by atoms with van der Waals surface area (Å²) in [4.78, 5) is 4.02. The van der Waals surface area contributed by atoms with Crippen molar-refractivity contribution < 1.29 is 0 Å². The van der Waals surface area contributed by atoms with Gasteiger partial charge in [0, 0.05) is 17.5 Å². The molecule has 18 heavy (non-hydrogen) atoms. The van der Waals surface area contributed by atoms with E-state index >= 15 is 0 Å². The molecule has 2 nitrogen and oxygen atoms in total. The minimum atomic E-state index is 0.636. The molecule has 3 rings (SSSR count). The van der Waals surface area contributed by atoms with Crippen LogP contribution in [0.15, 0.2) is 17.5 Å². The molecular formula is C15H24N2S. The normalized spacial score (nSPS) is 27.3. The lowest BCUT2D eigenvalue weighted by Crippen LogP contribution is -2.38. The van der Waals surface area contributed by atoms with Crippen molar-refractivity contribution in [2.75, 3.05) is 26.7 Å². The average molecular weight is 264 g/mol. The Labute approximate surface area is 114 Å². The molecule has 1 aromatic heterocycles. The summed E-state index contributed by atoms with van der Waals surface area (Å²) in [5.41, 5.74) is 0. The summed E-state index contributed by atoms with van der Waals surface area (Å²) >= 11 is 1.91. The van der Waals surface area contributed by atoms with Crippen molar-refractivity contribution in [3.63, 3.8) is 0 Å². The Bertz CT molecular complexity index is 359. The Morgan fingerprint density at radius 2 is 2.33 bits per heavy atom. The molecule has 0 amide bonds. The maximum Gasteiger partial charge on any atom is 0.0443 e. The lowest BCUT2D eigenvalue weighted by Gasteiger charge is -2.31. The van der Waals surface area contributed by atoms with Gasteiger partial charge in [-0.1, -0.05) is 6.07 Å². The quantitative estimate of drug-likeness (QED) is 0.879. The van der Waals surface area contributed by atoms with Crippen molar-refractivity contribution in [1.82, 2.24) is 10.2 Å². The highest BCUT2D eigenvalue weighted by Gasteiger charge is 2.33. The number of nitrogens with zero attached hydrogens (tertiary/aromatic N) is 1. The summed E-state index contributed by atoms with van der Waals surface area (Å²) in [6, 6.07) is 5.12. The fraction of sp³-hybridized carbons (Fsp3) is 0.733. The first kappa shape index (κ1) is 12.6. The lowest BCUT2D eigenvalue weighted by atomic mass is 9.97. The zero-order valence-electron chi connectivity index (χ0n) is 11.3. The van der Waals surface area contributed by atoms with E-state index in [2.05, 4.69) is 34.8 Å². The summed E-state index contributed by atoms with van der Waals surface area (Å²) in [5.74, 6) is 1.76. The second-order valence-electron chi connectivity index (χ2n) is 6.01. The van der Waals surface area contributed by atoms with E-state index in [0.717, 1.165) is 11.8 Å². The van der Waals surface area contributed by atoms with E-state index in [4.69, 9.17) is 0 Å². The fourth-order valence-corrected chi connectivity index (χ4v) is 4.02. The molecule has 0 bridgehead atoms. The third-order valence-corrected chi connectivity index (χ3v) is 5.25. The predicted octanol–water partition coefficient (Wildman–Crippen LogP) is 3.13. The van der Waals surface area contributed by atoms with Gasteiger partial charge in [0.05, 0.1) is 0 Å². The van der Waals surface area contributed by atoms with Gasteiger partial charge in [0.25, 0.3) is 0 Å². The molecule has 2 heterocycles. The third-order valence-electron chi connectivity index (χ3n) is 4.29. The van der Waals surface area contributed by atoms with Crippen molar-refractivity contribution in [1.29, 1.82) is 0 Å². The van der Waals surface area contributed by atoms with Crippen LogP contribution in [-0.2, 0) is 0 Å². The van der Waals surface area contributed by atoms with Crippen LogP contribution < -0.4 is 5.32 Å². The number of thiophene rings is 1. The second-order valence-corrected chi connectivity index (χ2v) is 6.99. The molecule has 2 fully saturated rings. The fourth-order valence-electron chi connectivity index (χ4n) is 3.13. The Balaban J connectivity index is 1.54. The standard InChI is InChI=1S/C15H24N2S/c1-17-8-2-4-12(11-17)10-16-15(13-6-7-13)14-5-3-9-18-14/h3,5,9,12-13,15-16H,2,4,6-8,10-11H2,1H3. The number of piperidine rings is 1. The predicted molar refractivity (Wildman–Crippen MR) is 78.0 cm³/mol. The van der Waals surface area contributed by atoms with E-state index in [9.17, 15) is 0 Å². The number of likely N-dealkylation sites (tertiary alicyclic amines) is 1. The zero-order valence-corrected chi connectivity index (χ0v) is 12.1. The van der Waals surface area contributed by atoms with Gasteiger partial charge in [0.2, 0.25) is 0 Å². The Kier molecular flexibility index (Phi) is 4.02. The molecule has 0 spiro atoms. The zero-order chi connectivity index (χ0) is 12.4. The minimum Gasteiger partial charge on any atom is -0.309 e. The minimum absolute atomic E-state index is 0.636. The smallest absolute Gasteiger partial charge is 0.0443 e. The molecule has 100 valence electrons. The molecule has 2 atom stereocenters. The average Bonchev–Trinajstić information content (AvgIpc) is 3.05. The summed E-state index contributed by atoms with van der Waals surface area (Å²) in [6.07, 6.45) is 5.61. The molecule has 0 radical (unpaired) electrons.